The van der Waals surface area contributed by atoms with Crippen molar-refractivity contribution < 1.29 is 9.53 Å². The number of thiophene rings is 1. The third-order valence-corrected chi connectivity index (χ3v) is 5.47. The summed E-state index contributed by atoms with van der Waals surface area (Å²) in [5.41, 5.74) is 1.20. The van der Waals surface area contributed by atoms with Crippen molar-refractivity contribution in [2.75, 3.05) is 13.1 Å². The van der Waals surface area contributed by atoms with Crippen LogP contribution >= 0.6 is 23.1 Å². The second-order valence-corrected chi connectivity index (χ2v) is 7.40. The number of rotatable bonds is 1. The molecule has 3 heterocycles. The summed E-state index contributed by atoms with van der Waals surface area (Å²) in [5.74, 6) is -0.130. The molecular formula is C15H18N2O2S2. The molecule has 0 unspecified atom stereocenters. The molecule has 3 rings (SSSR count). The molecule has 0 spiro atoms. The molecule has 1 amide bonds. The fraction of sp³-hybridized carbons (Fsp3) is 0.467. The van der Waals surface area contributed by atoms with Crippen LogP contribution in [0.15, 0.2) is 21.3 Å². The van der Waals surface area contributed by atoms with Crippen LogP contribution in [0.4, 0.5) is 0 Å². The standard InChI is InChI=1S/C15H18N2O2S2/c1-9-4-5-20-12(9)6-13-14(18)16-15(21-13)17-7-10(2)19-11(3)8-17/h4-6,10-11H,7-8H2,1-3H3/b13-6-/t10-,11-/m1/s1. The van der Waals surface area contributed by atoms with Crippen LogP contribution in [0.5, 0.6) is 0 Å². The summed E-state index contributed by atoms with van der Waals surface area (Å²) >= 11 is 3.12. The molecule has 1 saturated heterocycles. The van der Waals surface area contributed by atoms with Gasteiger partial charge in [0.25, 0.3) is 5.91 Å². The molecule has 4 nitrogen and oxygen atoms in total. The maximum atomic E-state index is 12.1. The van der Waals surface area contributed by atoms with Gasteiger partial charge in [-0.3, -0.25) is 4.79 Å². The summed E-state index contributed by atoms with van der Waals surface area (Å²) in [7, 11) is 0. The minimum atomic E-state index is -0.130. The Morgan fingerprint density at radius 1 is 1.38 bits per heavy atom. The molecule has 1 aromatic rings. The predicted molar refractivity (Wildman–Crippen MR) is 88.6 cm³/mol. The van der Waals surface area contributed by atoms with E-state index in [0.717, 1.165) is 23.1 Å². The van der Waals surface area contributed by atoms with Crippen LogP contribution in [0, 0.1) is 6.92 Å². The lowest BCUT2D eigenvalue weighted by Gasteiger charge is -2.35. The van der Waals surface area contributed by atoms with Gasteiger partial charge in [-0.25, -0.2) is 0 Å². The molecule has 2 atom stereocenters. The number of carbonyl (C=O) groups excluding carboxylic acids is 1. The summed E-state index contributed by atoms with van der Waals surface area (Å²) in [5, 5.41) is 2.85. The fourth-order valence-corrected chi connectivity index (χ4v) is 4.37. The normalized spacial score (nSPS) is 28.3. The van der Waals surface area contributed by atoms with Gasteiger partial charge >= 0.3 is 0 Å². The van der Waals surface area contributed by atoms with Crippen LogP contribution in [0.3, 0.4) is 0 Å². The van der Waals surface area contributed by atoms with E-state index in [1.54, 1.807) is 11.3 Å². The topological polar surface area (TPSA) is 41.9 Å². The Bertz CT molecular complexity index is 611. The SMILES string of the molecule is Cc1ccsc1/C=C1\SC(N2C[C@@H](C)O[C@H](C)C2)=NC1=O. The number of hydrogen-bond acceptors (Lipinski definition) is 5. The van der Waals surface area contributed by atoms with Crippen molar-refractivity contribution in [1.82, 2.24) is 4.90 Å². The number of nitrogens with zero attached hydrogens (tertiary/aromatic N) is 2. The molecule has 0 aromatic carbocycles. The zero-order valence-corrected chi connectivity index (χ0v) is 14.0. The van der Waals surface area contributed by atoms with E-state index in [1.165, 1.54) is 17.3 Å². The number of ether oxygens (including phenoxy) is 1. The lowest BCUT2D eigenvalue weighted by atomic mass is 10.2. The van der Waals surface area contributed by atoms with E-state index in [0.29, 0.717) is 4.91 Å². The van der Waals surface area contributed by atoms with Gasteiger partial charge in [0, 0.05) is 18.0 Å². The van der Waals surface area contributed by atoms with E-state index in [1.807, 2.05) is 11.5 Å². The van der Waals surface area contributed by atoms with E-state index < -0.39 is 0 Å². The van der Waals surface area contributed by atoms with Gasteiger partial charge in [0.15, 0.2) is 5.17 Å². The number of thioether (sulfide) groups is 1. The molecule has 112 valence electrons. The first-order valence-corrected chi connectivity index (χ1v) is 8.69. The number of aliphatic imine (C=N–C) groups is 1. The Kier molecular flexibility index (Phi) is 4.19. The molecule has 0 bridgehead atoms. The zero-order valence-electron chi connectivity index (χ0n) is 12.3. The lowest BCUT2D eigenvalue weighted by molar-refractivity contribution is -0.113. The van der Waals surface area contributed by atoms with Crippen LogP contribution in [0.25, 0.3) is 6.08 Å². The summed E-state index contributed by atoms with van der Waals surface area (Å²) in [6.07, 6.45) is 2.29. The summed E-state index contributed by atoms with van der Waals surface area (Å²) in [6, 6.07) is 2.06. The van der Waals surface area contributed by atoms with Crippen molar-refractivity contribution >= 4 is 40.2 Å². The Hall–Kier alpha value is -1.11. The molecule has 6 heteroatoms. The zero-order chi connectivity index (χ0) is 15.0. The Morgan fingerprint density at radius 2 is 2.10 bits per heavy atom. The number of amides is 1. The average molecular weight is 322 g/mol. The highest BCUT2D eigenvalue weighted by Gasteiger charge is 2.31. The van der Waals surface area contributed by atoms with Gasteiger partial charge in [0.1, 0.15) is 0 Å². The highest BCUT2D eigenvalue weighted by Crippen LogP contribution is 2.33. The predicted octanol–water partition coefficient (Wildman–Crippen LogP) is 3.14. The first kappa shape index (κ1) is 14.8. The number of amidine groups is 1. The first-order chi connectivity index (χ1) is 10.0. The first-order valence-electron chi connectivity index (χ1n) is 7.00. The smallest absolute Gasteiger partial charge is 0.286 e. The van der Waals surface area contributed by atoms with Gasteiger partial charge < -0.3 is 9.64 Å². The molecule has 0 N–H and O–H groups in total. The third-order valence-electron chi connectivity index (χ3n) is 3.46. The highest BCUT2D eigenvalue weighted by atomic mass is 32.2. The summed E-state index contributed by atoms with van der Waals surface area (Å²) in [6.45, 7) is 7.73. The quantitative estimate of drug-likeness (QED) is 0.745. The number of aryl methyl sites for hydroxylation is 1. The molecular weight excluding hydrogens is 304 g/mol. The molecule has 2 aliphatic rings. The van der Waals surface area contributed by atoms with Crippen LogP contribution in [-0.2, 0) is 9.53 Å². The Balaban J connectivity index is 1.76. The van der Waals surface area contributed by atoms with Crippen molar-refractivity contribution in [3.05, 3.63) is 26.8 Å². The van der Waals surface area contributed by atoms with Gasteiger partial charge in [-0.2, -0.15) is 4.99 Å². The second kappa shape index (κ2) is 5.94. The molecule has 0 aliphatic carbocycles. The number of hydrogen-bond donors (Lipinski definition) is 0. The van der Waals surface area contributed by atoms with E-state index in [9.17, 15) is 4.79 Å². The van der Waals surface area contributed by atoms with E-state index >= 15 is 0 Å². The van der Waals surface area contributed by atoms with Crippen molar-refractivity contribution in [2.45, 2.75) is 33.0 Å². The molecule has 0 radical (unpaired) electrons. The van der Waals surface area contributed by atoms with Crippen LogP contribution in [-0.4, -0.2) is 41.3 Å². The van der Waals surface area contributed by atoms with E-state index in [-0.39, 0.29) is 18.1 Å². The third kappa shape index (κ3) is 3.22. The lowest BCUT2D eigenvalue weighted by Crippen LogP contribution is -2.47. The summed E-state index contributed by atoms with van der Waals surface area (Å²) < 4.78 is 5.73. The maximum absolute atomic E-state index is 12.1. The monoisotopic (exact) mass is 322 g/mol. The van der Waals surface area contributed by atoms with Gasteiger partial charge in [0.05, 0.1) is 17.1 Å². The molecule has 21 heavy (non-hydrogen) atoms. The van der Waals surface area contributed by atoms with Crippen LogP contribution in [0.2, 0.25) is 0 Å². The van der Waals surface area contributed by atoms with Gasteiger partial charge in [-0.1, -0.05) is 0 Å². The molecule has 1 aromatic heterocycles. The minimum Gasteiger partial charge on any atom is -0.372 e. The average Bonchev–Trinajstić information content (AvgIpc) is 2.97. The maximum Gasteiger partial charge on any atom is 0.286 e. The van der Waals surface area contributed by atoms with Crippen LogP contribution < -0.4 is 0 Å². The summed E-state index contributed by atoms with van der Waals surface area (Å²) in [4.78, 5) is 20.3. The Morgan fingerprint density at radius 3 is 2.71 bits per heavy atom. The Labute approximate surface area is 132 Å². The second-order valence-electron chi connectivity index (χ2n) is 5.44. The van der Waals surface area contributed by atoms with Crippen molar-refractivity contribution in [2.24, 2.45) is 4.99 Å². The highest BCUT2D eigenvalue weighted by molar-refractivity contribution is 8.18. The van der Waals surface area contributed by atoms with Gasteiger partial charge in [-0.05, 0) is 55.6 Å². The van der Waals surface area contributed by atoms with E-state index in [2.05, 4.69) is 36.7 Å². The number of morpholine rings is 1. The fourth-order valence-electron chi connectivity index (χ4n) is 2.52. The van der Waals surface area contributed by atoms with Crippen molar-refractivity contribution in [3.63, 3.8) is 0 Å². The minimum absolute atomic E-state index is 0.130. The van der Waals surface area contributed by atoms with Crippen LogP contribution in [0.1, 0.15) is 24.3 Å². The van der Waals surface area contributed by atoms with E-state index in [4.69, 9.17) is 4.74 Å². The molecule has 2 aliphatic heterocycles. The van der Waals surface area contributed by atoms with Gasteiger partial charge in [-0.15, -0.1) is 11.3 Å². The molecule has 0 saturated carbocycles. The van der Waals surface area contributed by atoms with Crippen molar-refractivity contribution in [3.8, 4) is 0 Å². The largest absolute Gasteiger partial charge is 0.372 e. The van der Waals surface area contributed by atoms with Gasteiger partial charge in [0.2, 0.25) is 0 Å². The number of carbonyl (C=O) groups is 1. The van der Waals surface area contributed by atoms with Crippen molar-refractivity contribution in [1.29, 1.82) is 0 Å². The molecule has 1 fully saturated rings.